The number of nitrogens with zero attached hydrogens (tertiary/aromatic N) is 5. The molecule has 8 nitrogen and oxygen atoms in total. The monoisotopic (exact) mass is 399 g/mol. The molecule has 1 saturated heterocycles. The van der Waals surface area contributed by atoms with Gasteiger partial charge in [0, 0.05) is 23.1 Å². The average molecular weight is 400 g/mol. The highest BCUT2D eigenvalue weighted by Crippen LogP contribution is 2.34. The predicted octanol–water partition coefficient (Wildman–Crippen LogP) is 1.96. The van der Waals surface area contributed by atoms with Crippen LogP contribution in [0.1, 0.15) is 24.4 Å². The molecule has 1 unspecified atom stereocenters. The maximum absolute atomic E-state index is 11.9. The number of benzene rings is 1. The molecule has 0 aliphatic carbocycles. The van der Waals surface area contributed by atoms with Crippen LogP contribution >= 0.6 is 23.2 Å². The van der Waals surface area contributed by atoms with E-state index in [-0.39, 0.29) is 12.6 Å². The van der Waals surface area contributed by atoms with Gasteiger partial charge in [-0.25, -0.2) is 4.68 Å². The predicted molar refractivity (Wildman–Crippen MR) is 95.1 cm³/mol. The Morgan fingerprint density at radius 1 is 1.35 bits per heavy atom. The molecule has 1 aliphatic heterocycles. The van der Waals surface area contributed by atoms with E-state index in [0.717, 1.165) is 5.56 Å². The van der Waals surface area contributed by atoms with Gasteiger partial charge in [-0.05, 0) is 35.0 Å². The second-order valence-electron chi connectivity index (χ2n) is 5.72. The summed E-state index contributed by atoms with van der Waals surface area (Å²) in [5.74, 6) is 0.119. The smallest absolute Gasteiger partial charge is 0.327 e. The van der Waals surface area contributed by atoms with Crippen LogP contribution < -0.4 is 0 Å². The molecule has 10 heteroatoms. The quantitative estimate of drug-likeness (QED) is 0.686. The summed E-state index contributed by atoms with van der Waals surface area (Å²) in [6, 6.07) is 4.99. The Kier molecular flexibility index (Phi) is 6.42. The summed E-state index contributed by atoms with van der Waals surface area (Å²) >= 11 is 12.5. The van der Waals surface area contributed by atoms with Gasteiger partial charge >= 0.3 is 5.97 Å². The molecule has 0 amide bonds. The maximum atomic E-state index is 11.9. The topological polar surface area (TPSA) is 82.4 Å². The van der Waals surface area contributed by atoms with Gasteiger partial charge in [-0.15, -0.1) is 5.10 Å². The highest BCUT2D eigenvalue weighted by molar-refractivity contribution is 6.35. The summed E-state index contributed by atoms with van der Waals surface area (Å²) in [6.45, 7) is 4.56. The van der Waals surface area contributed by atoms with Gasteiger partial charge in [0.25, 0.3) is 0 Å². The standard InChI is InChI=1S/C16H19Cl2N5O3/c1-2-26-14(24)10-23-16(19-20-21-23)15(22-5-7-25-8-6-22)12-4-3-11(17)9-13(12)18/h3-4,9,15H,2,5-8,10H2,1H3. The summed E-state index contributed by atoms with van der Waals surface area (Å²) in [5.41, 5.74) is 0.817. The third-order valence-electron chi connectivity index (χ3n) is 4.06. The van der Waals surface area contributed by atoms with Gasteiger partial charge in [0.1, 0.15) is 6.54 Å². The minimum absolute atomic E-state index is 0.0672. The number of hydrogen-bond acceptors (Lipinski definition) is 7. The van der Waals surface area contributed by atoms with Crippen molar-refractivity contribution in [1.29, 1.82) is 0 Å². The molecule has 0 N–H and O–H groups in total. The first kappa shape index (κ1) is 19.0. The van der Waals surface area contributed by atoms with Crippen molar-refractivity contribution in [2.24, 2.45) is 0 Å². The van der Waals surface area contributed by atoms with E-state index in [9.17, 15) is 4.79 Å². The van der Waals surface area contributed by atoms with E-state index >= 15 is 0 Å². The third-order valence-corrected chi connectivity index (χ3v) is 4.62. The molecular weight excluding hydrogens is 381 g/mol. The van der Waals surface area contributed by atoms with Gasteiger partial charge < -0.3 is 9.47 Å². The lowest BCUT2D eigenvalue weighted by Crippen LogP contribution is -2.41. The van der Waals surface area contributed by atoms with Gasteiger partial charge in [0.05, 0.1) is 25.9 Å². The van der Waals surface area contributed by atoms with Crippen LogP contribution in [0.4, 0.5) is 0 Å². The zero-order valence-electron chi connectivity index (χ0n) is 14.3. The molecule has 1 aromatic heterocycles. The fraction of sp³-hybridized carbons (Fsp3) is 0.500. The number of morpholine rings is 1. The van der Waals surface area contributed by atoms with Crippen molar-refractivity contribution in [3.05, 3.63) is 39.6 Å². The molecule has 140 valence electrons. The number of carbonyl (C=O) groups is 1. The fourth-order valence-corrected chi connectivity index (χ4v) is 3.42. The lowest BCUT2D eigenvalue weighted by molar-refractivity contribution is -0.144. The van der Waals surface area contributed by atoms with Crippen molar-refractivity contribution in [3.8, 4) is 0 Å². The summed E-state index contributed by atoms with van der Waals surface area (Å²) in [5, 5.41) is 12.9. The molecular formula is C16H19Cl2N5O3. The van der Waals surface area contributed by atoms with Crippen molar-refractivity contribution in [1.82, 2.24) is 25.1 Å². The van der Waals surface area contributed by atoms with Crippen molar-refractivity contribution in [2.75, 3.05) is 32.9 Å². The average Bonchev–Trinajstić information content (AvgIpc) is 3.06. The van der Waals surface area contributed by atoms with Gasteiger partial charge in [-0.1, -0.05) is 29.3 Å². The van der Waals surface area contributed by atoms with Crippen LogP contribution in [0, 0.1) is 0 Å². The Hall–Kier alpha value is -1.74. The zero-order chi connectivity index (χ0) is 18.5. The summed E-state index contributed by atoms with van der Waals surface area (Å²) in [4.78, 5) is 14.1. The van der Waals surface area contributed by atoms with E-state index in [1.807, 2.05) is 6.07 Å². The molecule has 2 heterocycles. The Bertz CT molecular complexity index is 764. The van der Waals surface area contributed by atoms with Gasteiger partial charge in [0.15, 0.2) is 5.82 Å². The summed E-state index contributed by atoms with van der Waals surface area (Å²) in [7, 11) is 0. The van der Waals surface area contributed by atoms with E-state index < -0.39 is 5.97 Å². The molecule has 1 fully saturated rings. The molecule has 1 aliphatic rings. The molecule has 0 saturated carbocycles. The van der Waals surface area contributed by atoms with Crippen LogP contribution in [0.2, 0.25) is 10.0 Å². The lowest BCUT2D eigenvalue weighted by Gasteiger charge is -2.34. The van der Waals surface area contributed by atoms with E-state index in [1.54, 1.807) is 19.1 Å². The summed E-state index contributed by atoms with van der Waals surface area (Å²) < 4.78 is 11.9. The van der Waals surface area contributed by atoms with Gasteiger partial charge in [0.2, 0.25) is 0 Å². The largest absolute Gasteiger partial charge is 0.465 e. The minimum atomic E-state index is -0.399. The van der Waals surface area contributed by atoms with Crippen LogP contribution in [0.3, 0.4) is 0 Å². The Balaban J connectivity index is 1.98. The molecule has 1 aromatic carbocycles. The normalized spacial score (nSPS) is 16.4. The second-order valence-corrected chi connectivity index (χ2v) is 6.56. The van der Waals surface area contributed by atoms with Crippen LogP contribution in [0.5, 0.6) is 0 Å². The number of carbonyl (C=O) groups excluding carboxylic acids is 1. The van der Waals surface area contributed by atoms with Crippen LogP contribution in [0.15, 0.2) is 18.2 Å². The van der Waals surface area contributed by atoms with E-state index in [0.29, 0.717) is 48.8 Å². The van der Waals surface area contributed by atoms with Crippen LogP contribution in [-0.4, -0.2) is 64.0 Å². The Morgan fingerprint density at radius 2 is 2.12 bits per heavy atom. The zero-order valence-corrected chi connectivity index (χ0v) is 15.8. The third kappa shape index (κ3) is 4.32. The van der Waals surface area contributed by atoms with Crippen molar-refractivity contribution >= 4 is 29.2 Å². The Labute approximate surface area is 161 Å². The molecule has 2 aromatic rings. The first-order valence-electron chi connectivity index (χ1n) is 8.28. The first-order valence-corrected chi connectivity index (χ1v) is 9.04. The molecule has 0 spiro atoms. The fourth-order valence-electron chi connectivity index (χ4n) is 2.91. The number of ether oxygens (including phenoxy) is 2. The molecule has 0 bridgehead atoms. The first-order chi connectivity index (χ1) is 12.6. The maximum Gasteiger partial charge on any atom is 0.327 e. The van der Waals surface area contributed by atoms with E-state index in [2.05, 4.69) is 20.4 Å². The summed E-state index contributed by atoms with van der Waals surface area (Å²) in [6.07, 6.45) is 0. The molecule has 26 heavy (non-hydrogen) atoms. The number of rotatable bonds is 6. The highest BCUT2D eigenvalue weighted by Gasteiger charge is 2.31. The number of aromatic nitrogens is 4. The number of tetrazole rings is 1. The minimum Gasteiger partial charge on any atom is -0.465 e. The van der Waals surface area contributed by atoms with E-state index in [1.165, 1.54) is 4.68 Å². The molecule has 1 atom stereocenters. The van der Waals surface area contributed by atoms with Crippen molar-refractivity contribution in [2.45, 2.75) is 19.5 Å². The number of hydrogen-bond donors (Lipinski definition) is 0. The number of esters is 1. The number of halogens is 2. The van der Waals surface area contributed by atoms with Crippen molar-refractivity contribution in [3.63, 3.8) is 0 Å². The van der Waals surface area contributed by atoms with Crippen molar-refractivity contribution < 1.29 is 14.3 Å². The lowest BCUT2D eigenvalue weighted by atomic mass is 10.0. The van der Waals surface area contributed by atoms with Crippen LogP contribution in [0.25, 0.3) is 0 Å². The highest BCUT2D eigenvalue weighted by atomic mass is 35.5. The SMILES string of the molecule is CCOC(=O)Cn1nnnc1C(c1ccc(Cl)cc1Cl)N1CCOCC1. The van der Waals surface area contributed by atoms with Gasteiger partial charge in [-0.2, -0.15) is 0 Å². The molecule has 3 rings (SSSR count). The Morgan fingerprint density at radius 3 is 2.81 bits per heavy atom. The van der Waals surface area contributed by atoms with E-state index in [4.69, 9.17) is 32.7 Å². The second kappa shape index (κ2) is 8.77. The van der Waals surface area contributed by atoms with Gasteiger partial charge in [-0.3, -0.25) is 9.69 Å². The molecule has 0 radical (unpaired) electrons. The van der Waals surface area contributed by atoms with Crippen LogP contribution in [-0.2, 0) is 20.8 Å².